The summed E-state index contributed by atoms with van der Waals surface area (Å²) in [6.45, 7) is 1.54. The van der Waals surface area contributed by atoms with Crippen molar-refractivity contribution in [1.29, 1.82) is 0 Å². The van der Waals surface area contributed by atoms with Crippen molar-refractivity contribution in [3.8, 4) is 0 Å². The molecule has 102 valence electrons. The van der Waals surface area contributed by atoms with Crippen LogP contribution in [0.5, 0.6) is 0 Å². The minimum absolute atomic E-state index is 0.649. The topological polar surface area (TPSA) is 63.8 Å². The van der Waals surface area contributed by atoms with E-state index in [-0.39, 0.29) is 0 Å². The number of nitrogens with zero attached hydrogens (tertiary/aromatic N) is 3. The van der Waals surface area contributed by atoms with Crippen molar-refractivity contribution in [3.63, 3.8) is 0 Å². The predicted molar refractivity (Wildman–Crippen MR) is 79.2 cm³/mol. The van der Waals surface area contributed by atoms with Crippen molar-refractivity contribution in [1.82, 2.24) is 20.4 Å². The molecular formula is C14H13BrN4O. The van der Waals surface area contributed by atoms with Crippen LogP contribution in [0.25, 0.3) is 10.9 Å². The number of benzene rings is 1. The lowest BCUT2D eigenvalue weighted by Gasteiger charge is -2.08. The molecule has 0 amide bonds. The van der Waals surface area contributed by atoms with Gasteiger partial charge in [-0.2, -0.15) is 4.98 Å². The highest BCUT2D eigenvalue weighted by Gasteiger charge is 2.05. The maximum atomic E-state index is 4.95. The molecule has 0 atom stereocenters. The van der Waals surface area contributed by atoms with Crippen LogP contribution in [-0.4, -0.2) is 21.7 Å². The van der Waals surface area contributed by atoms with Crippen LogP contribution in [0.2, 0.25) is 0 Å². The Morgan fingerprint density at radius 1 is 1.20 bits per heavy atom. The molecule has 0 spiro atoms. The van der Waals surface area contributed by atoms with Crippen molar-refractivity contribution in [3.05, 3.63) is 52.7 Å². The number of pyridine rings is 1. The van der Waals surface area contributed by atoms with Gasteiger partial charge in [-0.1, -0.05) is 33.2 Å². The summed E-state index contributed by atoms with van der Waals surface area (Å²) in [7, 11) is 0. The lowest BCUT2D eigenvalue weighted by atomic mass is 10.1. The first-order valence-corrected chi connectivity index (χ1v) is 7.12. The Kier molecular flexibility index (Phi) is 4.03. The molecule has 0 saturated carbocycles. The number of nitrogens with one attached hydrogen (secondary N) is 1. The normalized spacial score (nSPS) is 11.1. The molecule has 20 heavy (non-hydrogen) atoms. The molecule has 0 bridgehead atoms. The zero-order valence-corrected chi connectivity index (χ0v) is 12.3. The second-order valence-electron chi connectivity index (χ2n) is 4.37. The highest BCUT2D eigenvalue weighted by molar-refractivity contribution is 9.10. The summed E-state index contributed by atoms with van der Waals surface area (Å²) in [5, 5.41) is 8.08. The Bertz CT molecular complexity index is 699. The van der Waals surface area contributed by atoms with Crippen molar-refractivity contribution < 1.29 is 4.52 Å². The Balaban J connectivity index is 1.67. The summed E-state index contributed by atoms with van der Waals surface area (Å²) >= 11 is 3.55. The van der Waals surface area contributed by atoms with E-state index in [0.717, 1.165) is 34.9 Å². The zero-order valence-electron chi connectivity index (χ0n) is 10.7. The highest BCUT2D eigenvalue weighted by atomic mass is 79.9. The standard InChI is InChI=1S/C14H13BrN4O/c15-12-4-3-10(14-11(12)2-1-6-17-14)8-16-7-5-13-18-9-19-20-13/h1-4,6,9,16H,5,7-8H2. The van der Waals surface area contributed by atoms with Crippen LogP contribution in [-0.2, 0) is 13.0 Å². The quantitative estimate of drug-likeness (QED) is 0.728. The van der Waals surface area contributed by atoms with E-state index in [0.29, 0.717) is 5.89 Å². The molecule has 3 aromatic rings. The Morgan fingerprint density at radius 2 is 2.15 bits per heavy atom. The summed E-state index contributed by atoms with van der Waals surface area (Å²) in [6, 6.07) is 8.15. The number of hydrogen-bond donors (Lipinski definition) is 1. The zero-order chi connectivity index (χ0) is 13.8. The van der Waals surface area contributed by atoms with Gasteiger partial charge in [0.1, 0.15) is 0 Å². The van der Waals surface area contributed by atoms with Gasteiger partial charge in [-0.25, -0.2) is 0 Å². The highest BCUT2D eigenvalue weighted by Crippen LogP contribution is 2.24. The van der Waals surface area contributed by atoms with Crippen molar-refractivity contribution in [2.45, 2.75) is 13.0 Å². The van der Waals surface area contributed by atoms with E-state index in [2.05, 4.69) is 54.6 Å². The molecule has 0 aliphatic carbocycles. The first kappa shape index (κ1) is 13.2. The summed E-state index contributed by atoms with van der Waals surface area (Å²) < 4.78 is 6.02. The first-order valence-electron chi connectivity index (χ1n) is 6.33. The maximum Gasteiger partial charge on any atom is 0.227 e. The lowest BCUT2D eigenvalue weighted by molar-refractivity contribution is 0.375. The van der Waals surface area contributed by atoms with E-state index >= 15 is 0 Å². The van der Waals surface area contributed by atoms with Crippen LogP contribution < -0.4 is 5.32 Å². The van der Waals surface area contributed by atoms with E-state index in [1.165, 1.54) is 11.9 Å². The Labute approximate surface area is 124 Å². The van der Waals surface area contributed by atoms with E-state index in [9.17, 15) is 0 Å². The number of halogens is 1. The smallest absolute Gasteiger partial charge is 0.227 e. The average molecular weight is 333 g/mol. The third-order valence-corrected chi connectivity index (χ3v) is 3.73. The van der Waals surface area contributed by atoms with Gasteiger partial charge in [-0.15, -0.1) is 0 Å². The molecule has 0 aliphatic heterocycles. The van der Waals surface area contributed by atoms with Crippen LogP contribution >= 0.6 is 15.9 Å². The third-order valence-electron chi connectivity index (χ3n) is 3.04. The number of fused-ring (bicyclic) bond motifs is 1. The summed E-state index contributed by atoms with van der Waals surface area (Å²) in [4.78, 5) is 8.45. The molecule has 0 saturated heterocycles. The Hall–Kier alpha value is -1.79. The number of hydrogen-bond acceptors (Lipinski definition) is 5. The van der Waals surface area contributed by atoms with Gasteiger partial charge in [0.15, 0.2) is 6.33 Å². The van der Waals surface area contributed by atoms with Crippen LogP contribution in [0.15, 0.2) is 45.8 Å². The lowest BCUT2D eigenvalue weighted by Crippen LogP contribution is -2.17. The van der Waals surface area contributed by atoms with Crippen molar-refractivity contribution in [2.24, 2.45) is 0 Å². The fourth-order valence-electron chi connectivity index (χ4n) is 2.06. The molecule has 0 unspecified atom stereocenters. The van der Waals surface area contributed by atoms with Gasteiger partial charge in [-0.3, -0.25) is 4.98 Å². The Morgan fingerprint density at radius 3 is 3.00 bits per heavy atom. The van der Waals surface area contributed by atoms with Crippen molar-refractivity contribution >= 4 is 26.8 Å². The third kappa shape index (κ3) is 2.86. The second-order valence-corrected chi connectivity index (χ2v) is 5.22. The maximum absolute atomic E-state index is 4.95. The van der Waals surface area contributed by atoms with Crippen molar-refractivity contribution in [2.75, 3.05) is 6.54 Å². The summed E-state index contributed by atoms with van der Waals surface area (Å²) in [5.74, 6) is 0.649. The monoisotopic (exact) mass is 332 g/mol. The fourth-order valence-corrected chi connectivity index (χ4v) is 2.52. The molecule has 0 aliphatic rings. The average Bonchev–Trinajstić information content (AvgIpc) is 2.99. The molecule has 1 aromatic carbocycles. The van der Waals surface area contributed by atoms with E-state index < -0.39 is 0 Å². The molecule has 3 rings (SSSR count). The number of aromatic nitrogens is 3. The fraction of sp³-hybridized carbons (Fsp3) is 0.214. The van der Waals surface area contributed by atoms with Crippen LogP contribution in [0, 0.1) is 0 Å². The summed E-state index contributed by atoms with van der Waals surface area (Å²) in [6.07, 6.45) is 3.96. The van der Waals surface area contributed by atoms with E-state index in [4.69, 9.17) is 4.52 Å². The van der Waals surface area contributed by atoms with Crippen LogP contribution in [0.4, 0.5) is 0 Å². The van der Waals surface area contributed by atoms with Gasteiger partial charge in [0.2, 0.25) is 5.89 Å². The molecular weight excluding hydrogens is 320 g/mol. The largest absolute Gasteiger partial charge is 0.340 e. The molecule has 0 fully saturated rings. The summed E-state index contributed by atoms with van der Waals surface area (Å²) in [5.41, 5.74) is 2.20. The van der Waals surface area contributed by atoms with Gasteiger partial charge in [0.05, 0.1) is 5.52 Å². The van der Waals surface area contributed by atoms with E-state index in [1.54, 1.807) is 0 Å². The molecule has 5 nitrogen and oxygen atoms in total. The first-order chi connectivity index (χ1) is 9.84. The minimum atomic E-state index is 0.649. The van der Waals surface area contributed by atoms with Gasteiger partial charge in [0, 0.05) is 35.6 Å². The van der Waals surface area contributed by atoms with Gasteiger partial charge >= 0.3 is 0 Å². The predicted octanol–water partition coefficient (Wildman–Crippen LogP) is 2.71. The van der Waals surface area contributed by atoms with Gasteiger partial charge < -0.3 is 9.84 Å². The van der Waals surface area contributed by atoms with Gasteiger partial charge in [-0.05, 0) is 17.7 Å². The van der Waals surface area contributed by atoms with Gasteiger partial charge in [0.25, 0.3) is 0 Å². The number of rotatable bonds is 5. The molecule has 2 heterocycles. The van der Waals surface area contributed by atoms with E-state index in [1.807, 2.05) is 12.3 Å². The molecule has 1 N–H and O–H groups in total. The molecule has 0 radical (unpaired) electrons. The minimum Gasteiger partial charge on any atom is -0.340 e. The second kappa shape index (κ2) is 6.11. The molecule has 6 heteroatoms. The SMILES string of the molecule is Brc1ccc(CNCCc2ncno2)c2ncccc12. The molecule has 2 aromatic heterocycles. The van der Waals surface area contributed by atoms with Crippen LogP contribution in [0.1, 0.15) is 11.5 Å². The van der Waals surface area contributed by atoms with Crippen LogP contribution in [0.3, 0.4) is 0 Å².